The van der Waals surface area contributed by atoms with Crippen molar-refractivity contribution in [2.45, 2.75) is 33.2 Å². The number of rotatable bonds is 8. The summed E-state index contributed by atoms with van der Waals surface area (Å²) in [6.07, 6.45) is 0.325. The minimum Gasteiger partial charge on any atom is -0.493 e. The molecule has 0 amide bonds. The Morgan fingerprint density at radius 2 is 1.53 bits per heavy atom. The number of hydrogen-bond acceptors (Lipinski definition) is 4. The Morgan fingerprint density at radius 1 is 0.833 bits per heavy atom. The van der Waals surface area contributed by atoms with Gasteiger partial charge in [-0.1, -0.05) is 42.0 Å². The van der Waals surface area contributed by atoms with Crippen LogP contribution in [0.5, 0.6) is 11.5 Å². The second-order valence-corrected chi connectivity index (χ2v) is 7.60. The van der Waals surface area contributed by atoms with Crippen LogP contribution in [0.25, 0.3) is 0 Å². The zero-order chi connectivity index (χ0) is 21.7. The largest absolute Gasteiger partial charge is 0.493 e. The van der Waals surface area contributed by atoms with E-state index in [1.165, 1.54) is 11.1 Å². The summed E-state index contributed by atoms with van der Waals surface area (Å²) in [6.45, 7) is 6.19. The first kappa shape index (κ1) is 21.4. The number of carbonyl (C=O) groups excluding carboxylic acids is 1. The molecule has 0 aromatic heterocycles. The quantitative estimate of drug-likeness (QED) is 0.465. The molecule has 1 atom stereocenters. The van der Waals surface area contributed by atoms with Crippen molar-refractivity contribution in [1.82, 2.24) is 0 Å². The van der Waals surface area contributed by atoms with Crippen molar-refractivity contribution >= 4 is 11.5 Å². The zero-order valence-electron chi connectivity index (χ0n) is 18.3. The number of nitrogens with one attached hydrogen (secondary N) is 1. The molecule has 1 unspecified atom stereocenters. The number of ketones is 1. The van der Waals surface area contributed by atoms with Crippen LogP contribution in [0.3, 0.4) is 0 Å². The van der Waals surface area contributed by atoms with E-state index in [0.29, 0.717) is 23.5 Å². The van der Waals surface area contributed by atoms with Gasteiger partial charge in [0.05, 0.1) is 20.3 Å². The van der Waals surface area contributed by atoms with Gasteiger partial charge in [0.1, 0.15) is 0 Å². The highest BCUT2D eigenvalue weighted by atomic mass is 16.5. The van der Waals surface area contributed by atoms with E-state index in [9.17, 15) is 4.79 Å². The normalized spacial score (nSPS) is 11.6. The SMILES string of the molecule is COc1ccc(C(CC(=O)c2ccc(C)cc2)Nc2ccc(C)c(C)c2)cc1OC. The lowest BCUT2D eigenvalue weighted by Gasteiger charge is -2.22. The first-order chi connectivity index (χ1) is 14.4. The Balaban J connectivity index is 1.94. The molecular formula is C26H29NO3. The van der Waals surface area contributed by atoms with Gasteiger partial charge >= 0.3 is 0 Å². The lowest BCUT2D eigenvalue weighted by molar-refractivity contribution is 0.0976. The molecule has 0 saturated carbocycles. The van der Waals surface area contributed by atoms with E-state index in [1.54, 1.807) is 14.2 Å². The summed E-state index contributed by atoms with van der Waals surface area (Å²) in [6, 6.07) is 19.5. The molecule has 4 heteroatoms. The molecule has 4 nitrogen and oxygen atoms in total. The maximum absolute atomic E-state index is 13.0. The number of benzene rings is 3. The number of hydrogen-bond donors (Lipinski definition) is 1. The highest BCUT2D eigenvalue weighted by molar-refractivity contribution is 5.96. The molecule has 3 aromatic carbocycles. The van der Waals surface area contributed by atoms with Crippen molar-refractivity contribution < 1.29 is 14.3 Å². The minimum atomic E-state index is -0.208. The molecule has 1 N–H and O–H groups in total. The summed E-state index contributed by atoms with van der Waals surface area (Å²) in [5.41, 5.74) is 6.24. The molecule has 0 aliphatic heterocycles. The van der Waals surface area contributed by atoms with Crippen molar-refractivity contribution in [3.8, 4) is 11.5 Å². The molecule has 0 saturated heterocycles. The van der Waals surface area contributed by atoms with Crippen LogP contribution in [0.2, 0.25) is 0 Å². The number of anilines is 1. The van der Waals surface area contributed by atoms with Gasteiger partial charge in [-0.05, 0) is 61.7 Å². The average Bonchev–Trinajstić information content (AvgIpc) is 2.75. The highest BCUT2D eigenvalue weighted by Crippen LogP contribution is 2.33. The van der Waals surface area contributed by atoms with E-state index >= 15 is 0 Å². The molecule has 0 spiro atoms. The fourth-order valence-corrected chi connectivity index (χ4v) is 3.40. The second-order valence-electron chi connectivity index (χ2n) is 7.60. The maximum Gasteiger partial charge on any atom is 0.165 e. The molecule has 0 fully saturated rings. The van der Waals surface area contributed by atoms with Crippen LogP contribution in [0.4, 0.5) is 5.69 Å². The van der Waals surface area contributed by atoms with E-state index in [4.69, 9.17) is 9.47 Å². The van der Waals surface area contributed by atoms with Crippen LogP contribution in [0.1, 0.15) is 45.1 Å². The molecule has 0 bridgehead atoms. The van der Waals surface area contributed by atoms with Gasteiger partial charge in [0.2, 0.25) is 0 Å². The van der Waals surface area contributed by atoms with E-state index in [2.05, 4.69) is 31.3 Å². The average molecular weight is 404 g/mol. The van der Waals surface area contributed by atoms with Gasteiger partial charge in [-0.15, -0.1) is 0 Å². The lowest BCUT2D eigenvalue weighted by Crippen LogP contribution is -2.16. The Kier molecular flexibility index (Phi) is 6.78. The van der Waals surface area contributed by atoms with Gasteiger partial charge in [0, 0.05) is 17.7 Å². The Labute approximate surface area is 178 Å². The molecule has 3 aromatic rings. The van der Waals surface area contributed by atoms with Crippen molar-refractivity contribution in [3.63, 3.8) is 0 Å². The molecular weight excluding hydrogens is 374 g/mol. The standard InChI is InChI=1S/C26H29NO3/c1-17-6-9-20(10-7-17)24(28)16-23(27-22-12-8-18(2)19(3)14-22)21-11-13-25(29-4)26(15-21)30-5/h6-15,23,27H,16H2,1-5H3. The monoisotopic (exact) mass is 403 g/mol. The number of ether oxygens (including phenoxy) is 2. The van der Waals surface area contributed by atoms with Crippen LogP contribution in [0.15, 0.2) is 60.7 Å². The van der Waals surface area contributed by atoms with Crippen molar-refractivity contribution in [2.24, 2.45) is 0 Å². The first-order valence-corrected chi connectivity index (χ1v) is 10.1. The van der Waals surface area contributed by atoms with E-state index in [0.717, 1.165) is 16.8 Å². The summed E-state index contributed by atoms with van der Waals surface area (Å²) in [4.78, 5) is 13.0. The number of aryl methyl sites for hydroxylation is 3. The van der Waals surface area contributed by atoms with Gasteiger partial charge < -0.3 is 14.8 Å². The van der Waals surface area contributed by atoms with Crippen LogP contribution in [0, 0.1) is 20.8 Å². The summed E-state index contributed by atoms with van der Waals surface area (Å²) < 4.78 is 10.8. The fraction of sp³-hybridized carbons (Fsp3) is 0.269. The molecule has 0 aliphatic rings. The Bertz CT molecular complexity index is 1020. The summed E-state index contributed by atoms with van der Waals surface area (Å²) in [5.74, 6) is 1.40. The van der Waals surface area contributed by atoms with Gasteiger partial charge in [0.15, 0.2) is 17.3 Å². The van der Waals surface area contributed by atoms with Crippen LogP contribution < -0.4 is 14.8 Å². The Morgan fingerprint density at radius 3 is 2.17 bits per heavy atom. The predicted molar refractivity (Wildman–Crippen MR) is 122 cm³/mol. The number of carbonyl (C=O) groups is 1. The van der Waals surface area contributed by atoms with Crippen molar-refractivity contribution in [3.05, 3.63) is 88.5 Å². The number of methoxy groups -OCH3 is 2. The molecule has 30 heavy (non-hydrogen) atoms. The van der Waals surface area contributed by atoms with E-state index in [1.807, 2.05) is 55.5 Å². The molecule has 0 aliphatic carbocycles. The fourth-order valence-electron chi connectivity index (χ4n) is 3.40. The van der Waals surface area contributed by atoms with Crippen molar-refractivity contribution in [1.29, 1.82) is 0 Å². The van der Waals surface area contributed by atoms with Gasteiger partial charge in [-0.3, -0.25) is 4.79 Å². The van der Waals surface area contributed by atoms with Gasteiger partial charge in [-0.25, -0.2) is 0 Å². The summed E-state index contributed by atoms with van der Waals surface area (Å²) in [7, 11) is 3.23. The zero-order valence-corrected chi connectivity index (χ0v) is 18.3. The third-order valence-corrected chi connectivity index (χ3v) is 5.42. The van der Waals surface area contributed by atoms with Crippen LogP contribution >= 0.6 is 0 Å². The smallest absolute Gasteiger partial charge is 0.165 e. The third-order valence-electron chi connectivity index (χ3n) is 5.42. The third kappa shape index (κ3) is 5.01. The molecule has 3 rings (SSSR count). The lowest BCUT2D eigenvalue weighted by atomic mass is 9.96. The number of Topliss-reactive ketones (excluding diaryl/α,β-unsaturated/α-hetero) is 1. The van der Waals surface area contributed by atoms with Crippen molar-refractivity contribution in [2.75, 3.05) is 19.5 Å². The van der Waals surface area contributed by atoms with Gasteiger partial charge in [0.25, 0.3) is 0 Å². The molecule has 0 heterocycles. The second kappa shape index (κ2) is 9.49. The summed E-state index contributed by atoms with van der Waals surface area (Å²) >= 11 is 0. The minimum absolute atomic E-state index is 0.0890. The first-order valence-electron chi connectivity index (χ1n) is 10.1. The highest BCUT2D eigenvalue weighted by Gasteiger charge is 2.19. The van der Waals surface area contributed by atoms with Gasteiger partial charge in [-0.2, -0.15) is 0 Å². The summed E-state index contributed by atoms with van der Waals surface area (Å²) in [5, 5.41) is 3.55. The van der Waals surface area contributed by atoms with Crippen LogP contribution in [-0.4, -0.2) is 20.0 Å². The van der Waals surface area contributed by atoms with E-state index < -0.39 is 0 Å². The maximum atomic E-state index is 13.0. The van der Waals surface area contributed by atoms with E-state index in [-0.39, 0.29) is 11.8 Å². The van der Waals surface area contributed by atoms with Crippen LogP contribution in [-0.2, 0) is 0 Å². The molecule has 0 radical (unpaired) electrons. The molecule has 156 valence electrons. The Hall–Kier alpha value is -3.27. The predicted octanol–water partition coefficient (Wildman–Crippen LogP) is 6.06. The topological polar surface area (TPSA) is 47.6 Å².